The number of nitrogens with one attached hydrogen (secondary N) is 1. The van der Waals surface area contributed by atoms with Gasteiger partial charge in [-0.15, -0.1) is 0 Å². The Morgan fingerprint density at radius 1 is 1.29 bits per heavy atom. The number of nitrogens with zero attached hydrogens (tertiary/aromatic N) is 1. The van der Waals surface area contributed by atoms with Crippen LogP contribution in [-0.2, 0) is 6.54 Å². The second-order valence-corrected chi connectivity index (χ2v) is 2.98. The van der Waals surface area contributed by atoms with Crippen LogP contribution in [0.4, 0.5) is 4.39 Å². The van der Waals surface area contributed by atoms with Gasteiger partial charge in [0.15, 0.2) is 0 Å². The van der Waals surface area contributed by atoms with Gasteiger partial charge in [-0.25, -0.2) is 9.07 Å². The van der Waals surface area contributed by atoms with E-state index >= 15 is 0 Å². The van der Waals surface area contributed by atoms with Gasteiger partial charge in [-0.1, -0.05) is 18.2 Å². The first-order chi connectivity index (χ1) is 6.77. The lowest BCUT2D eigenvalue weighted by atomic mass is 10.2. The summed E-state index contributed by atoms with van der Waals surface area (Å²) in [6.07, 6.45) is 1.53. The lowest BCUT2D eigenvalue weighted by molar-refractivity contribution is 0.579. The molecule has 2 rings (SSSR count). The highest BCUT2D eigenvalue weighted by molar-refractivity contribution is 5.17. The van der Waals surface area contributed by atoms with Crippen LogP contribution < -0.4 is 5.56 Å². The number of benzene rings is 1. The molecule has 72 valence electrons. The summed E-state index contributed by atoms with van der Waals surface area (Å²) >= 11 is 0. The van der Waals surface area contributed by atoms with Crippen molar-refractivity contribution >= 4 is 0 Å². The third kappa shape index (κ3) is 1.59. The zero-order valence-electron chi connectivity index (χ0n) is 7.40. The van der Waals surface area contributed by atoms with E-state index in [1.165, 1.54) is 23.0 Å². The highest BCUT2D eigenvalue weighted by Crippen LogP contribution is 2.06. The fraction of sp³-hybridized carbons (Fsp3) is 0.100. The van der Waals surface area contributed by atoms with Crippen molar-refractivity contribution in [2.24, 2.45) is 0 Å². The van der Waals surface area contributed by atoms with Gasteiger partial charge >= 0.3 is 0 Å². The molecule has 1 heterocycles. The average molecular weight is 192 g/mol. The molecule has 0 aliphatic rings. The standard InChI is InChI=1S/C10H9FN2O/c11-9-4-2-1-3-8(9)7-13-10(14)5-6-12-13/h1-6,12H,7H2. The van der Waals surface area contributed by atoms with Crippen molar-refractivity contribution in [2.75, 3.05) is 0 Å². The molecule has 0 amide bonds. The Kier molecular flexibility index (Phi) is 2.18. The van der Waals surface area contributed by atoms with Crippen molar-refractivity contribution in [3.63, 3.8) is 0 Å². The van der Waals surface area contributed by atoms with Crippen LogP contribution in [0, 0.1) is 5.82 Å². The summed E-state index contributed by atoms with van der Waals surface area (Å²) in [7, 11) is 0. The first kappa shape index (κ1) is 8.74. The molecule has 4 heteroatoms. The van der Waals surface area contributed by atoms with Gasteiger partial charge in [-0.3, -0.25) is 4.79 Å². The summed E-state index contributed by atoms with van der Waals surface area (Å²) in [4.78, 5) is 11.1. The quantitative estimate of drug-likeness (QED) is 0.766. The maximum absolute atomic E-state index is 13.2. The van der Waals surface area contributed by atoms with Gasteiger partial charge in [0, 0.05) is 17.8 Å². The van der Waals surface area contributed by atoms with E-state index in [-0.39, 0.29) is 17.9 Å². The number of aromatic amines is 1. The minimum absolute atomic E-state index is 0.159. The second-order valence-electron chi connectivity index (χ2n) is 2.98. The van der Waals surface area contributed by atoms with E-state index in [1.54, 1.807) is 18.2 Å². The van der Waals surface area contributed by atoms with Crippen molar-refractivity contribution in [1.82, 2.24) is 9.78 Å². The highest BCUT2D eigenvalue weighted by Gasteiger charge is 2.02. The molecular weight excluding hydrogens is 183 g/mol. The van der Waals surface area contributed by atoms with Gasteiger partial charge in [0.2, 0.25) is 0 Å². The molecule has 0 bridgehead atoms. The highest BCUT2D eigenvalue weighted by atomic mass is 19.1. The van der Waals surface area contributed by atoms with Crippen molar-refractivity contribution in [3.8, 4) is 0 Å². The number of hydrogen-bond acceptors (Lipinski definition) is 1. The van der Waals surface area contributed by atoms with Crippen molar-refractivity contribution in [3.05, 3.63) is 58.3 Å². The maximum atomic E-state index is 13.2. The fourth-order valence-electron chi connectivity index (χ4n) is 1.27. The minimum atomic E-state index is -0.297. The molecule has 0 spiro atoms. The van der Waals surface area contributed by atoms with Crippen LogP contribution in [0.25, 0.3) is 0 Å². The third-order valence-corrected chi connectivity index (χ3v) is 2.01. The molecule has 14 heavy (non-hydrogen) atoms. The van der Waals surface area contributed by atoms with Crippen LogP contribution >= 0.6 is 0 Å². The predicted molar refractivity (Wildman–Crippen MR) is 50.6 cm³/mol. The SMILES string of the molecule is O=c1cc[nH]n1Cc1ccccc1F. The lowest BCUT2D eigenvalue weighted by Gasteiger charge is -2.02. The zero-order chi connectivity index (χ0) is 9.97. The molecule has 0 atom stereocenters. The Hall–Kier alpha value is -1.84. The van der Waals surface area contributed by atoms with Crippen LogP contribution in [0.5, 0.6) is 0 Å². The predicted octanol–water partition coefficient (Wildman–Crippen LogP) is 1.36. The summed E-state index contributed by atoms with van der Waals surface area (Å²) in [6.45, 7) is 0.235. The van der Waals surface area contributed by atoms with Gasteiger partial charge < -0.3 is 5.10 Å². The topological polar surface area (TPSA) is 37.8 Å². The molecule has 0 saturated heterocycles. The molecule has 1 aromatic carbocycles. The van der Waals surface area contributed by atoms with E-state index in [0.717, 1.165) is 0 Å². The fourth-order valence-corrected chi connectivity index (χ4v) is 1.27. The first-order valence-corrected chi connectivity index (χ1v) is 4.25. The summed E-state index contributed by atoms with van der Waals surface area (Å²) in [5, 5.41) is 2.72. The lowest BCUT2D eigenvalue weighted by Crippen LogP contribution is -2.17. The molecule has 1 N–H and O–H groups in total. The molecule has 3 nitrogen and oxygen atoms in total. The van der Waals surface area contributed by atoms with Gasteiger partial charge in [0.1, 0.15) is 5.82 Å². The normalized spacial score (nSPS) is 10.4. The Balaban J connectivity index is 2.32. The van der Waals surface area contributed by atoms with Gasteiger partial charge in [0.05, 0.1) is 6.54 Å². The Morgan fingerprint density at radius 2 is 2.07 bits per heavy atom. The molecule has 0 aliphatic heterocycles. The molecule has 0 unspecified atom stereocenters. The number of H-pyrrole nitrogens is 1. The number of aromatic nitrogens is 2. The summed E-state index contributed by atoms with van der Waals surface area (Å²) in [5.74, 6) is -0.297. The van der Waals surface area contributed by atoms with Crippen molar-refractivity contribution in [1.29, 1.82) is 0 Å². The molecule has 0 aliphatic carbocycles. The van der Waals surface area contributed by atoms with Gasteiger partial charge in [-0.05, 0) is 6.07 Å². The van der Waals surface area contributed by atoms with Gasteiger partial charge in [0.25, 0.3) is 5.56 Å². The summed E-state index contributed by atoms with van der Waals surface area (Å²) in [5.41, 5.74) is 0.338. The molecule has 0 radical (unpaired) electrons. The largest absolute Gasteiger partial charge is 0.303 e. The van der Waals surface area contributed by atoms with E-state index in [1.807, 2.05) is 0 Å². The smallest absolute Gasteiger partial charge is 0.266 e. The van der Waals surface area contributed by atoms with Crippen LogP contribution in [0.1, 0.15) is 5.56 Å². The van der Waals surface area contributed by atoms with Crippen LogP contribution in [0.15, 0.2) is 41.3 Å². The number of rotatable bonds is 2. The zero-order valence-corrected chi connectivity index (χ0v) is 7.40. The third-order valence-electron chi connectivity index (χ3n) is 2.01. The monoisotopic (exact) mass is 192 g/mol. The second kappa shape index (κ2) is 3.49. The summed E-state index contributed by atoms with van der Waals surface area (Å²) in [6, 6.07) is 7.80. The number of hydrogen-bond donors (Lipinski definition) is 1. The molecular formula is C10H9FN2O. The molecule has 0 saturated carbocycles. The van der Waals surface area contributed by atoms with Crippen molar-refractivity contribution in [2.45, 2.75) is 6.54 Å². The van der Waals surface area contributed by atoms with Crippen molar-refractivity contribution < 1.29 is 4.39 Å². The maximum Gasteiger partial charge on any atom is 0.266 e. The van der Waals surface area contributed by atoms with E-state index < -0.39 is 0 Å². The van der Waals surface area contributed by atoms with E-state index in [0.29, 0.717) is 5.56 Å². The Labute approximate surface area is 79.8 Å². The Bertz CT molecular complexity index is 487. The minimum Gasteiger partial charge on any atom is -0.303 e. The van der Waals surface area contributed by atoms with Gasteiger partial charge in [-0.2, -0.15) is 0 Å². The van der Waals surface area contributed by atoms with Crippen LogP contribution in [0.3, 0.4) is 0 Å². The van der Waals surface area contributed by atoms with E-state index in [4.69, 9.17) is 0 Å². The van der Waals surface area contributed by atoms with Crippen LogP contribution in [0.2, 0.25) is 0 Å². The van der Waals surface area contributed by atoms with Crippen LogP contribution in [-0.4, -0.2) is 9.78 Å². The molecule has 0 fully saturated rings. The van der Waals surface area contributed by atoms with E-state index in [9.17, 15) is 9.18 Å². The molecule has 1 aromatic heterocycles. The Morgan fingerprint density at radius 3 is 2.71 bits per heavy atom. The average Bonchev–Trinajstić information content (AvgIpc) is 2.56. The molecule has 2 aromatic rings. The first-order valence-electron chi connectivity index (χ1n) is 4.25. The number of halogens is 1. The summed E-state index contributed by atoms with van der Waals surface area (Å²) < 4.78 is 14.5. The van der Waals surface area contributed by atoms with E-state index in [2.05, 4.69) is 5.10 Å².